The van der Waals surface area contributed by atoms with E-state index in [1.54, 1.807) is 0 Å². The quantitative estimate of drug-likeness (QED) is 0.430. The Labute approximate surface area is 125 Å². The smallest absolute Gasteiger partial charge is 0.385 e. The van der Waals surface area contributed by atoms with Gasteiger partial charge < -0.3 is 4.74 Å². The summed E-state index contributed by atoms with van der Waals surface area (Å²) in [4.78, 5) is 32.6. The summed E-state index contributed by atoms with van der Waals surface area (Å²) in [7, 11) is 0. The van der Waals surface area contributed by atoms with Gasteiger partial charge in [-0.2, -0.15) is 0 Å². The third-order valence-electron chi connectivity index (χ3n) is 3.35. The van der Waals surface area contributed by atoms with Crippen LogP contribution in [0.3, 0.4) is 0 Å². The zero-order valence-electron chi connectivity index (χ0n) is 12.0. The number of hydrogen-bond donors (Lipinski definition) is 0. The van der Waals surface area contributed by atoms with Gasteiger partial charge in [0.25, 0.3) is 0 Å². The number of nitrogens with zero attached hydrogens (tertiary/aromatic N) is 2. The molecule has 22 heavy (non-hydrogen) atoms. The average Bonchev–Trinajstić information content (AvgIpc) is 2.44. The number of carbonyl (C=O) groups is 1. The van der Waals surface area contributed by atoms with Gasteiger partial charge in [0.05, 0.1) is 6.61 Å². The molecule has 120 valence electrons. The third-order valence-corrected chi connectivity index (χ3v) is 3.35. The highest BCUT2D eigenvalue weighted by atomic mass is 19.1. The number of benzene rings is 1. The minimum atomic E-state index is -2.35. The van der Waals surface area contributed by atoms with Crippen molar-refractivity contribution in [1.29, 1.82) is 0 Å². The van der Waals surface area contributed by atoms with E-state index < -0.39 is 39.6 Å². The fourth-order valence-electron chi connectivity index (χ4n) is 2.07. The highest BCUT2D eigenvalue weighted by Gasteiger charge is 2.57. The first-order chi connectivity index (χ1) is 10.2. The Morgan fingerprint density at radius 1 is 1.32 bits per heavy atom. The molecule has 0 aliphatic rings. The van der Waals surface area contributed by atoms with Crippen LogP contribution in [0.15, 0.2) is 24.3 Å². The normalized spacial score (nSPS) is 14.7. The molecule has 0 spiro atoms. The second-order valence-electron chi connectivity index (χ2n) is 4.74. The minimum Gasteiger partial charge on any atom is -0.461 e. The fraction of sp³-hybridized carbons (Fsp3) is 0.462. The van der Waals surface area contributed by atoms with Crippen molar-refractivity contribution in [3.63, 3.8) is 0 Å². The third kappa shape index (κ3) is 3.54. The lowest BCUT2D eigenvalue weighted by Crippen LogP contribution is -2.51. The van der Waals surface area contributed by atoms with E-state index in [4.69, 9.17) is 4.74 Å². The molecule has 0 aromatic heterocycles. The largest absolute Gasteiger partial charge is 0.461 e. The molecule has 0 aliphatic heterocycles. The Kier molecular flexibility index (Phi) is 5.50. The lowest BCUT2D eigenvalue weighted by Gasteiger charge is -2.25. The van der Waals surface area contributed by atoms with Crippen LogP contribution in [-0.2, 0) is 9.53 Å². The standard InChI is InChI=1S/C13H15FN2O6/c1-3-22-12(17)13(2,16(20)21)11(8-15(18)19)9-4-6-10(14)7-5-9/h4-7,11H,3,8H2,1-2H3/t11-,13+/m1/s1. The Balaban J connectivity index is 3.38. The molecule has 1 rings (SSSR count). The highest BCUT2D eigenvalue weighted by molar-refractivity contribution is 5.80. The lowest BCUT2D eigenvalue weighted by molar-refractivity contribution is -0.570. The van der Waals surface area contributed by atoms with Crippen molar-refractivity contribution in [2.24, 2.45) is 0 Å². The molecule has 0 radical (unpaired) electrons. The molecule has 1 aromatic rings. The number of rotatable bonds is 7. The SMILES string of the molecule is CCOC(=O)[C@](C)([C@H](C[N+](=O)[O-])c1ccc(F)cc1)[N+](=O)[O-]. The van der Waals surface area contributed by atoms with Crippen LogP contribution in [0.5, 0.6) is 0 Å². The molecule has 9 heteroatoms. The summed E-state index contributed by atoms with van der Waals surface area (Å²) in [6.45, 7) is 1.49. The molecule has 1 aromatic carbocycles. The zero-order valence-corrected chi connectivity index (χ0v) is 12.0. The van der Waals surface area contributed by atoms with Crippen LogP contribution in [0.25, 0.3) is 0 Å². The number of ether oxygens (including phenoxy) is 1. The van der Waals surface area contributed by atoms with Crippen LogP contribution in [0.4, 0.5) is 4.39 Å². The molecule has 0 unspecified atom stereocenters. The molecule has 8 nitrogen and oxygen atoms in total. The van der Waals surface area contributed by atoms with Gasteiger partial charge >= 0.3 is 11.5 Å². The summed E-state index contributed by atoms with van der Waals surface area (Å²) in [6.07, 6.45) is 0. The number of hydrogen-bond acceptors (Lipinski definition) is 6. The number of halogens is 1. The van der Waals surface area contributed by atoms with E-state index in [9.17, 15) is 29.4 Å². The van der Waals surface area contributed by atoms with Crippen LogP contribution >= 0.6 is 0 Å². The summed E-state index contributed by atoms with van der Waals surface area (Å²) in [5.41, 5.74) is -2.23. The van der Waals surface area contributed by atoms with E-state index in [1.807, 2.05) is 0 Å². The van der Waals surface area contributed by atoms with Gasteiger partial charge in [0.2, 0.25) is 6.54 Å². The summed E-state index contributed by atoms with van der Waals surface area (Å²) < 4.78 is 17.7. The second kappa shape index (κ2) is 6.92. The van der Waals surface area contributed by atoms with Crippen molar-refractivity contribution < 1.29 is 23.8 Å². The van der Waals surface area contributed by atoms with Gasteiger partial charge in [-0.05, 0) is 24.6 Å². The van der Waals surface area contributed by atoms with Crippen molar-refractivity contribution in [3.05, 3.63) is 55.9 Å². The van der Waals surface area contributed by atoms with Crippen molar-refractivity contribution in [3.8, 4) is 0 Å². The molecular weight excluding hydrogens is 299 g/mol. The van der Waals surface area contributed by atoms with E-state index >= 15 is 0 Å². The molecule has 0 amide bonds. The van der Waals surface area contributed by atoms with E-state index in [0.717, 1.165) is 19.1 Å². The van der Waals surface area contributed by atoms with Gasteiger partial charge in [-0.1, -0.05) is 12.1 Å². The first-order valence-corrected chi connectivity index (χ1v) is 6.42. The van der Waals surface area contributed by atoms with E-state index in [0.29, 0.717) is 0 Å². The van der Waals surface area contributed by atoms with Crippen LogP contribution in [0.2, 0.25) is 0 Å². The maximum absolute atomic E-state index is 13.0. The van der Waals surface area contributed by atoms with E-state index in [2.05, 4.69) is 0 Å². The maximum atomic E-state index is 13.0. The lowest BCUT2D eigenvalue weighted by atomic mass is 9.80. The fourth-order valence-corrected chi connectivity index (χ4v) is 2.07. The first kappa shape index (κ1) is 17.5. The molecule has 0 bridgehead atoms. The summed E-state index contributed by atoms with van der Waals surface area (Å²) in [6, 6.07) is 4.41. The van der Waals surface area contributed by atoms with Gasteiger partial charge in [-0.15, -0.1) is 0 Å². The Bertz CT molecular complexity index is 576. The van der Waals surface area contributed by atoms with Crippen molar-refractivity contribution in [2.45, 2.75) is 25.3 Å². The molecule has 0 heterocycles. The zero-order chi connectivity index (χ0) is 16.9. The Morgan fingerprint density at radius 3 is 2.27 bits per heavy atom. The summed E-state index contributed by atoms with van der Waals surface area (Å²) in [5, 5.41) is 22.3. The molecule has 0 N–H and O–H groups in total. The van der Waals surface area contributed by atoms with Crippen LogP contribution in [0.1, 0.15) is 25.3 Å². The van der Waals surface area contributed by atoms with Gasteiger partial charge in [-0.25, -0.2) is 9.18 Å². The topological polar surface area (TPSA) is 113 Å². The molecule has 0 aliphatic carbocycles. The van der Waals surface area contributed by atoms with Gasteiger partial charge in [-0.3, -0.25) is 20.2 Å². The van der Waals surface area contributed by atoms with Crippen LogP contribution < -0.4 is 0 Å². The number of carbonyl (C=O) groups excluding carboxylic acids is 1. The second-order valence-corrected chi connectivity index (χ2v) is 4.74. The van der Waals surface area contributed by atoms with Crippen molar-refractivity contribution in [1.82, 2.24) is 0 Å². The molecule has 0 fully saturated rings. The maximum Gasteiger partial charge on any atom is 0.385 e. The first-order valence-electron chi connectivity index (χ1n) is 6.42. The predicted octanol–water partition coefficient (Wildman–Crippen LogP) is 1.78. The minimum absolute atomic E-state index is 0.100. The Morgan fingerprint density at radius 2 is 1.86 bits per heavy atom. The summed E-state index contributed by atoms with van der Waals surface area (Å²) in [5.74, 6) is -3.16. The molecule has 2 atom stereocenters. The molecule has 0 saturated heterocycles. The number of esters is 1. The van der Waals surface area contributed by atoms with Gasteiger partial charge in [0.15, 0.2) is 0 Å². The molecular formula is C13H15FN2O6. The highest BCUT2D eigenvalue weighted by Crippen LogP contribution is 2.33. The van der Waals surface area contributed by atoms with Crippen molar-refractivity contribution >= 4 is 5.97 Å². The van der Waals surface area contributed by atoms with Crippen molar-refractivity contribution in [2.75, 3.05) is 13.2 Å². The van der Waals surface area contributed by atoms with E-state index in [-0.39, 0.29) is 12.2 Å². The Hall–Kier alpha value is -2.58. The predicted molar refractivity (Wildman–Crippen MR) is 73.0 cm³/mol. The summed E-state index contributed by atoms with van der Waals surface area (Å²) >= 11 is 0. The van der Waals surface area contributed by atoms with E-state index in [1.165, 1.54) is 19.1 Å². The van der Waals surface area contributed by atoms with Gasteiger partial charge in [0.1, 0.15) is 11.7 Å². The van der Waals surface area contributed by atoms with Gasteiger partial charge in [0, 0.05) is 16.8 Å². The van der Waals surface area contributed by atoms with Crippen LogP contribution in [0, 0.1) is 26.0 Å². The van der Waals surface area contributed by atoms with Crippen LogP contribution in [-0.4, -0.2) is 34.5 Å². The monoisotopic (exact) mass is 314 g/mol. The molecule has 0 saturated carbocycles. The average molecular weight is 314 g/mol. The number of nitro groups is 2.